The second-order valence-corrected chi connectivity index (χ2v) is 9.03. The van der Waals surface area contributed by atoms with Crippen molar-refractivity contribution in [3.63, 3.8) is 0 Å². The Balaban J connectivity index is 1.25. The Hall–Kier alpha value is -4.51. The Morgan fingerprint density at radius 2 is 1.55 bits per heavy atom. The van der Waals surface area contributed by atoms with Gasteiger partial charge in [-0.05, 0) is 68.3 Å². The van der Waals surface area contributed by atoms with Gasteiger partial charge >= 0.3 is 0 Å². The number of amides is 2. The molecule has 2 heterocycles. The molecule has 2 aromatic carbocycles. The summed E-state index contributed by atoms with van der Waals surface area (Å²) in [5, 5.41) is 23.5. The number of aryl methyl sites for hydroxylation is 2. The maximum absolute atomic E-state index is 12.2. The van der Waals surface area contributed by atoms with Crippen LogP contribution in [0.4, 0.5) is 28.8 Å². The largest absolute Gasteiger partial charge is 0.340 e. The monoisotopic (exact) mass is 516 g/mol. The van der Waals surface area contributed by atoms with E-state index in [-0.39, 0.29) is 18.2 Å². The summed E-state index contributed by atoms with van der Waals surface area (Å²) in [7, 11) is 1.93. The summed E-state index contributed by atoms with van der Waals surface area (Å²) in [5.74, 6) is 0.651. The van der Waals surface area contributed by atoms with Crippen molar-refractivity contribution < 1.29 is 14.8 Å². The zero-order valence-electron chi connectivity index (χ0n) is 21.5. The van der Waals surface area contributed by atoms with E-state index >= 15 is 0 Å². The second kappa shape index (κ2) is 12.6. The van der Waals surface area contributed by atoms with Crippen LogP contribution in [0.15, 0.2) is 54.7 Å². The Bertz CT molecular complexity index is 1400. The molecule has 0 atom stereocenters. The lowest BCUT2D eigenvalue weighted by molar-refractivity contribution is -0.129. The predicted octanol–water partition coefficient (Wildman–Crippen LogP) is 4.94. The van der Waals surface area contributed by atoms with Gasteiger partial charge in [0.1, 0.15) is 5.82 Å². The zero-order valence-corrected chi connectivity index (χ0v) is 21.5. The second-order valence-electron chi connectivity index (χ2n) is 9.03. The highest BCUT2D eigenvalue weighted by Gasteiger charge is 2.08. The molecule has 2 amide bonds. The molecule has 4 aromatic rings. The van der Waals surface area contributed by atoms with Crippen molar-refractivity contribution >= 4 is 51.5 Å². The van der Waals surface area contributed by atoms with E-state index in [1.807, 2.05) is 61.1 Å². The number of fused-ring (bicyclic) bond motifs is 1. The minimum Gasteiger partial charge on any atom is -0.340 e. The van der Waals surface area contributed by atoms with Gasteiger partial charge in [0.25, 0.3) is 0 Å². The smallest absolute Gasteiger partial charge is 0.243 e. The Morgan fingerprint density at radius 3 is 2.29 bits per heavy atom. The molecule has 5 N–H and O–H groups in total. The van der Waals surface area contributed by atoms with E-state index in [4.69, 9.17) is 5.21 Å². The minimum absolute atomic E-state index is 0.0556. The van der Waals surface area contributed by atoms with E-state index in [1.165, 1.54) is 0 Å². The van der Waals surface area contributed by atoms with Gasteiger partial charge in [0.05, 0.1) is 5.52 Å². The number of unbranched alkanes of at least 4 members (excludes halogenated alkanes) is 3. The number of carbonyl (C=O) groups excluding carboxylic acids is 2. The molecule has 11 nitrogen and oxygen atoms in total. The molecule has 0 unspecified atom stereocenters. The third kappa shape index (κ3) is 7.26. The normalized spacial score (nSPS) is 10.8. The van der Waals surface area contributed by atoms with Crippen molar-refractivity contribution in [2.45, 2.75) is 45.4 Å². The Morgan fingerprint density at radius 1 is 0.868 bits per heavy atom. The average Bonchev–Trinajstić information content (AvgIpc) is 3.19. The first-order chi connectivity index (χ1) is 18.4. The number of nitrogens with zero attached hydrogens (tertiary/aromatic N) is 4. The first-order valence-corrected chi connectivity index (χ1v) is 12.5. The molecule has 4 rings (SSSR count). The number of hydrogen-bond donors (Lipinski definition) is 5. The standard InChI is InChI=1S/C27H32N8O3/c1-18-22-14-13-21(17-23(22)33-35(18)2)29-24-15-16-28-27(32-24)31-20-11-9-19(10-12-20)30-25(36)7-5-3-4-6-8-26(37)34-38/h9-17,38H,3-8H2,1-2H3,(H,30,36)(H,34,37)(H2,28,29,31,32). The Labute approximate surface area is 220 Å². The van der Waals surface area contributed by atoms with E-state index in [1.54, 1.807) is 17.7 Å². The number of benzene rings is 2. The average molecular weight is 517 g/mol. The van der Waals surface area contributed by atoms with Crippen LogP contribution < -0.4 is 21.4 Å². The SMILES string of the molecule is Cc1c2ccc(Nc3ccnc(Nc4ccc(NC(=O)CCCCCCC(=O)NO)cc4)n3)cc2nn1C. The predicted molar refractivity (Wildman–Crippen MR) is 147 cm³/mol. The summed E-state index contributed by atoms with van der Waals surface area (Å²) in [6, 6.07) is 15.2. The van der Waals surface area contributed by atoms with Gasteiger partial charge in [-0.1, -0.05) is 12.8 Å². The summed E-state index contributed by atoms with van der Waals surface area (Å²) in [6.07, 6.45) is 5.48. The minimum atomic E-state index is -0.384. The highest BCUT2D eigenvalue weighted by molar-refractivity contribution is 5.91. The number of hydroxylamine groups is 1. The molecular formula is C27H32N8O3. The van der Waals surface area contributed by atoms with Crippen LogP contribution in [0.3, 0.4) is 0 Å². The molecule has 0 radical (unpaired) electrons. The van der Waals surface area contributed by atoms with Gasteiger partial charge in [-0.25, -0.2) is 10.5 Å². The van der Waals surface area contributed by atoms with Crippen molar-refractivity contribution in [3.05, 3.63) is 60.4 Å². The summed E-state index contributed by atoms with van der Waals surface area (Å²) < 4.78 is 1.87. The van der Waals surface area contributed by atoms with Crippen LogP contribution >= 0.6 is 0 Å². The lowest BCUT2D eigenvalue weighted by atomic mass is 10.1. The third-order valence-electron chi connectivity index (χ3n) is 6.17. The summed E-state index contributed by atoms with van der Waals surface area (Å²) >= 11 is 0. The van der Waals surface area contributed by atoms with Gasteiger partial charge in [0.15, 0.2) is 0 Å². The molecule has 198 valence electrons. The zero-order chi connectivity index (χ0) is 26.9. The van der Waals surface area contributed by atoms with Gasteiger partial charge in [0.2, 0.25) is 17.8 Å². The van der Waals surface area contributed by atoms with Crippen LogP contribution in [0.2, 0.25) is 0 Å². The summed E-state index contributed by atoms with van der Waals surface area (Å²) in [4.78, 5) is 32.0. The van der Waals surface area contributed by atoms with Gasteiger partial charge in [0, 0.05) is 54.2 Å². The number of rotatable bonds is 12. The highest BCUT2D eigenvalue weighted by atomic mass is 16.5. The molecule has 0 spiro atoms. The lowest BCUT2D eigenvalue weighted by Crippen LogP contribution is -2.17. The van der Waals surface area contributed by atoms with Crippen molar-refractivity contribution in [2.24, 2.45) is 7.05 Å². The van der Waals surface area contributed by atoms with Crippen LogP contribution in [0.5, 0.6) is 0 Å². The lowest BCUT2D eigenvalue weighted by Gasteiger charge is -2.10. The van der Waals surface area contributed by atoms with E-state index in [9.17, 15) is 9.59 Å². The summed E-state index contributed by atoms with van der Waals surface area (Å²) in [5.41, 5.74) is 6.03. The molecular weight excluding hydrogens is 484 g/mol. The maximum atomic E-state index is 12.2. The van der Waals surface area contributed by atoms with Crippen LogP contribution in [0.25, 0.3) is 10.9 Å². The van der Waals surface area contributed by atoms with Crippen molar-refractivity contribution in [1.29, 1.82) is 0 Å². The fourth-order valence-corrected chi connectivity index (χ4v) is 4.02. The van der Waals surface area contributed by atoms with Gasteiger partial charge in [-0.2, -0.15) is 10.1 Å². The molecule has 0 saturated carbocycles. The number of hydrogen-bond acceptors (Lipinski definition) is 8. The third-order valence-corrected chi connectivity index (χ3v) is 6.17. The van der Waals surface area contributed by atoms with E-state index in [0.717, 1.165) is 47.2 Å². The first-order valence-electron chi connectivity index (χ1n) is 12.5. The molecule has 0 aliphatic heterocycles. The molecule has 38 heavy (non-hydrogen) atoms. The number of anilines is 5. The molecule has 2 aromatic heterocycles. The van der Waals surface area contributed by atoms with E-state index in [2.05, 4.69) is 31.0 Å². The molecule has 11 heteroatoms. The summed E-state index contributed by atoms with van der Waals surface area (Å²) in [6.45, 7) is 2.04. The van der Waals surface area contributed by atoms with Crippen molar-refractivity contribution in [2.75, 3.05) is 16.0 Å². The van der Waals surface area contributed by atoms with Crippen molar-refractivity contribution in [1.82, 2.24) is 25.2 Å². The molecule has 0 saturated heterocycles. The molecule has 0 fully saturated rings. The topological polar surface area (TPSA) is 146 Å². The first kappa shape index (κ1) is 26.6. The number of carbonyl (C=O) groups is 2. The number of nitrogens with one attached hydrogen (secondary N) is 4. The van der Waals surface area contributed by atoms with Gasteiger partial charge < -0.3 is 16.0 Å². The molecule has 0 aliphatic rings. The van der Waals surface area contributed by atoms with Crippen LogP contribution in [-0.2, 0) is 16.6 Å². The van der Waals surface area contributed by atoms with Crippen LogP contribution in [0, 0.1) is 6.92 Å². The molecule has 0 aliphatic carbocycles. The Kier molecular flexibility index (Phi) is 8.83. The fraction of sp³-hybridized carbons (Fsp3) is 0.296. The van der Waals surface area contributed by atoms with Crippen LogP contribution in [-0.4, -0.2) is 36.8 Å². The van der Waals surface area contributed by atoms with Gasteiger partial charge in [-0.15, -0.1) is 0 Å². The fourth-order valence-electron chi connectivity index (χ4n) is 4.02. The van der Waals surface area contributed by atoms with E-state index in [0.29, 0.717) is 30.3 Å². The van der Waals surface area contributed by atoms with Crippen molar-refractivity contribution in [3.8, 4) is 0 Å². The maximum Gasteiger partial charge on any atom is 0.243 e. The van der Waals surface area contributed by atoms with Crippen LogP contribution in [0.1, 0.15) is 44.2 Å². The number of aromatic nitrogens is 4. The van der Waals surface area contributed by atoms with Gasteiger partial charge in [-0.3, -0.25) is 19.5 Å². The quantitative estimate of drug-likeness (QED) is 0.101. The highest BCUT2D eigenvalue weighted by Crippen LogP contribution is 2.24. The van der Waals surface area contributed by atoms with E-state index < -0.39 is 0 Å². The molecule has 0 bridgehead atoms.